The van der Waals surface area contributed by atoms with Crippen LogP contribution >= 0.6 is 0 Å². The Morgan fingerprint density at radius 1 is 1.38 bits per heavy atom. The maximum Gasteiger partial charge on any atom is 0.125 e. The summed E-state index contributed by atoms with van der Waals surface area (Å²) in [6.07, 6.45) is 5.07. The molecule has 0 fully saturated rings. The van der Waals surface area contributed by atoms with Crippen molar-refractivity contribution in [1.82, 2.24) is 9.97 Å². The van der Waals surface area contributed by atoms with Crippen molar-refractivity contribution in [2.24, 2.45) is 11.3 Å². The number of aliphatic hydroxyl groups excluding tert-OH is 1. The minimum Gasteiger partial charge on any atom is -0.387 e. The SMILES string of the molecule is Cc1ncc2c(n1)[C@@]1(C)C=C(C#N)C(O)C(C)(C)[C@@H]1CC2. The number of allylic oxidation sites excluding steroid dienone is 1. The normalized spacial score (nSPS) is 33.4. The maximum absolute atomic E-state index is 10.5. The number of aromatic nitrogens is 2. The molecular formula is C17H21N3O. The van der Waals surface area contributed by atoms with E-state index < -0.39 is 6.10 Å². The summed E-state index contributed by atoms with van der Waals surface area (Å²) < 4.78 is 0. The summed E-state index contributed by atoms with van der Waals surface area (Å²) in [7, 11) is 0. The highest BCUT2D eigenvalue weighted by Crippen LogP contribution is 2.55. The molecule has 0 bridgehead atoms. The highest BCUT2D eigenvalue weighted by atomic mass is 16.3. The number of aryl methyl sites for hydroxylation is 2. The van der Waals surface area contributed by atoms with Crippen LogP contribution in [0.1, 0.15) is 44.3 Å². The minimum absolute atomic E-state index is 0.263. The van der Waals surface area contributed by atoms with Gasteiger partial charge in [-0.05, 0) is 36.7 Å². The van der Waals surface area contributed by atoms with Crippen LogP contribution in [-0.4, -0.2) is 21.2 Å². The third-order valence-corrected chi connectivity index (χ3v) is 5.40. The number of aliphatic hydroxyl groups is 1. The van der Waals surface area contributed by atoms with Gasteiger partial charge in [0.05, 0.1) is 23.4 Å². The molecule has 0 radical (unpaired) electrons. The fraction of sp³-hybridized carbons (Fsp3) is 0.588. The van der Waals surface area contributed by atoms with Crippen LogP contribution in [0.5, 0.6) is 0 Å². The summed E-state index contributed by atoms with van der Waals surface area (Å²) >= 11 is 0. The summed E-state index contributed by atoms with van der Waals surface area (Å²) in [6, 6.07) is 2.18. The molecule has 0 saturated carbocycles. The van der Waals surface area contributed by atoms with Gasteiger partial charge in [-0.1, -0.05) is 26.8 Å². The summed E-state index contributed by atoms with van der Waals surface area (Å²) in [5.74, 6) is 1.02. The fourth-order valence-electron chi connectivity index (χ4n) is 4.31. The van der Waals surface area contributed by atoms with E-state index in [2.05, 4.69) is 36.8 Å². The third-order valence-electron chi connectivity index (χ3n) is 5.40. The third kappa shape index (κ3) is 1.84. The number of rotatable bonds is 0. The van der Waals surface area contributed by atoms with E-state index in [1.165, 1.54) is 5.56 Å². The molecule has 4 heteroatoms. The van der Waals surface area contributed by atoms with E-state index in [0.29, 0.717) is 5.57 Å². The van der Waals surface area contributed by atoms with Crippen LogP contribution in [0, 0.1) is 29.6 Å². The van der Waals surface area contributed by atoms with Crippen LogP contribution < -0.4 is 0 Å². The highest BCUT2D eigenvalue weighted by molar-refractivity contribution is 5.44. The molecule has 2 aliphatic carbocycles. The van der Waals surface area contributed by atoms with Crippen molar-refractivity contribution < 1.29 is 5.11 Å². The molecule has 4 nitrogen and oxygen atoms in total. The largest absolute Gasteiger partial charge is 0.387 e. The standard InChI is InChI=1S/C17H21N3O/c1-10-19-9-11-5-6-13-16(2,3)15(21)12(8-18)7-17(13,4)14(11)20-10/h7,9,13,15,21H,5-6H2,1-4H3/t13-,15?,17-/m0/s1. The molecule has 0 spiro atoms. The van der Waals surface area contributed by atoms with Gasteiger partial charge in [0.1, 0.15) is 5.82 Å². The van der Waals surface area contributed by atoms with E-state index in [1.807, 2.05) is 19.2 Å². The first-order chi connectivity index (χ1) is 9.80. The number of nitrogens with zero attached hydrogens (tertiary/aromatic N) is 3. The Hall–Kier alpha value is -1.73. The van der Waals surface area contributed by atoms with Gasteiger partial charge in [-0.3, -0.25) is 0 Å². The molecule has 1 aromatic heterocycles. The lowest BCUT2D eigenvalue weighted by Crippen LogP contribution is -2.53. The van der Waals surface area contributed by atoms with Crippen molar-refractivity contribution >= 4 is 0 Å². The monoisotopic (exact) mass is 283 g/mol. The number of nitriles is 1. The predicted molar refractivity (Wildman–Crippen MR) is 79.4 cm³/mol. The van der Waals surface area contributed by atoms with Crippen LogP contribution in [0.25, 0.3) is 0 Å². The first-order valence-electron chi connectivity index (χ1n) is 7.44. The second kappa shape index (κ2) is 4.38. The molecular weight excluding hydrogens is 262 g/mol. The average Bonchev–Trinajstić information content (AvgIpc) is 2.43. The summed E-state index contributed by atoms with van der Waals surface area (Å²) in [5, 5.41) is 19.9. The van der Waals surface area contributed by atoms with Gasteiger partial charge in [0.25, 0.3) is 0 Å². The second-order valence-corrected chi connectivity index (χ2v) is 7.10. The first kappa shape index (κ1) is 14.2. The Bertz CT molecular complexity index is 671. The average molecular weight is 283 g/mol. The molecule has 0 aliphatic heterocycles. The molecule has 110 valence electrons. The lowest BCUT2D eigenvalue weighted by molar-refractivity contribution is -0.0104. The highest BCUT2D eigenvalue weighted by Gasteiger charge is 2.54. The zero-order valence-electron chi connectivity index (χ0n) is 13.0. The Balaban J connectivity index is 2.27. The molecule has 2 aliphatic rings. The molecule has 1 unspecified atom stereocenters. The molecule has 1 aromatic rings. The van der Waals surface area contributed by atoms with Crippen LogP contribution in [0.2, 0.25) is 0 Å². The van der Waals surface area contributed by atoms with Gasteiger partial charge in [0.2, 0.25) is 0 Å². The second-order valence-electron chi connectivity index (χ2n) is 7.10. The Labute approximate surface area is 125 Å². The van der Waals surface area contributed by atoms with Gasteiger partial charge in [-0.25, -0.2) is 9.97 Å². The van der Waals surface area contributed by atoms with Gasteiger partial charge < -0.3 is 5.11 Å². The Morgan fingerprint density at radius 2 is 2.10 bits per heavy atom. The van der Waals surface area contributed by atoms with Crippen molar-refractivity contribution in [3.05, 3.63) is 34.9 Å². The zero-order valence-corrected chi connectivity index (χ0v) is 13.0. The molecule has 0 amide bonds. The molecule has 1 N–H and O–H groups in total. The predicted octanol–water partition coefficient (Wildman–Crippen LogP) is 2.46. The maximum atomic E-state index is 10.5. The Morgan fingerprint density at radius 3 is 2.76 bits per heavy atom. The van der Waals surface area contributed by atoms with Gasteiger partial charge in [-0.2, -0.15) is 5.26 Å². The van der Waals surface area contributed by atoms with Crippen molar-refractivity contribution in [3.8, 4) is 6.07 Å². The lowest BCUT2D eigenvalue weighted by Gasteiger charge is -2.53. The van der Waals surface area contributed by atoms with E-state index in [0.717, 1.165) is 24.4 Å². The molecule has 21 heavy (non-hydrogen) atoms. The van der Waals surface area contributed by atoms with Crippen molar-refractivity contribution in [1.29, 1.82) is 5.26 Å². The van der Waals surface area contributed by atoms with Crippen LogP contribution in [0.3, 0.4) is 0 Å². The number of hydrogen-bond acceptors (Lipinski definition) is 4. The quantitative estimate of drug-likeness (QED) is 0.794. The van der Waals surface area contributed by atoms with Crippen LogP contribution in [-0.2, 0) is 11.8 Å². The molecule has 0 saturated heterocycles. The first-order valence-corrected chi connectivity index (χ1v) is 7.44. The van der Waals surface area contributed by atoms with Crippen molar-refractivity contribution in [2.75, 3.05) is 0 Å². The Kier molecular flexibility index (Phi) is 2.97. The minimum atomic E-state index is -0.704. The number of fused-ring (bicyclic) bond motifs is 3. The van der Waals surface area contributed by atoms with Crippen LogP contribution in [0.15, 0.2) is 17.8 Å². The molecule has 0 aromatic carbocycles. The van der Waals surface area contributed by atoms with Gasteiger partial charge in [0, 0.05) is 11.6 Å². The topological polar surface area (TPSA) is 69.8 Å². The molecule has 3 atom stereocenters. The van der Waals surface area contributed by atoms with Crippen molar-refractivity contribution in [2.45, 2.75) is 52.1 Å². The van der Waals surface area contributed by atoms with E-state index in [9.17, 15) is 10.4 Å². The molecule has 3 rings (SSSR count). The summed E-state index contributed by atoms with van der Waals surface area (Å²) in [4.78, 5) is 8.99. The smallest absolute Gasteiger partial charge is 0.125 e. The van der Waals surface area contributed by atoms with Crippen molar-refractivity contribution in [3.63, 3.8) is 0 Å². The van der Waals surface area contributed by atoms with Gasteiger partial charge in [0.15, 0.2) is 0 Å². The van der Waals surface area contributed by atoms with E-state index >= 15 is 0 Å². The van der Waals surface area contributed by atoms with E-state index in [-0.39, 0.29) is 16.7 Å². The zero-order chi connectivity index (χ0) is 15.4. The van der Waals surface area contributed by atoms with Crippen LogP contribution in [0.4, 0.5) is 0 Å². The molecule has 1 heterocycles. The van der Waals surface area contributed by atoms with Gasteiger partial charge in [-0.15, -0.1) is 0 Å². The number of hydrogen-bond donors (Lipinski definition) is 1. The van der Waals surface area contributed by atoms with E-state index in [1.54, 1.807) is 0 Å². The fourth-order valence-corrected chi connectivity index (χ4v) is 4.31. The van der Waals surface area contributed by atoms with Gasteiger partial charge >= 0.3 is 0 Å². The summed E-state index contributed by atoms with van der Waals surface area (Å²) in [5.41, 5.74) is 2.00. The lowest BCUT2D eigenvalue weighted by atomic mass is 9.52. The van der Waals surface area contributed by atoms with E-state index in [4.69, 9.17) is 0 Å². The summed E-state index contributed by atoms with van der Waals surface area (Å²) in [6.45, 7) is 8.16.